The third-order valence-corrected chi connectivity index (χ3v) is 7.03. The molecule has 1 amide bonds. The first-order valence-corrected chi connectivity index (χ1v) is 11.1. The molecule has 27 heavy (non-hydrogen) atoms. The SMILES string of the molecule is Cc1cc(C(=O)N2CCC3(CC2)OCCO3)nc(NC2CCS(=O)(=O)C2)n1. The molecule has 0 bridgehead atoms. The van der Waals surface area contributed by atoms with Crippen LogP contribution in [-0.4, -0.2) is 78.8 Å². The molecule has 4 rings (SSSR count). The van der Waals surface area contributed by atoms with E-state index in [1.165, 1.54) is 0 Å². The average molecular weight is 396 g/mol. The van der Waals surface area contributed by atoms with E-state index in [0.29, 0.717) is 62.9 Å². The summed E-state index contributed by atoms with van der Waals surface area (Å²) in [5.41, 5.74) is 0.975. The molecule has 1 aromatic heterocycles. The number of rotatable bonds is 3. The lowest BCUT2D eigenvalue weighted by Gasteiger charge is -2.37. The molecule has 3 aliphatic rings. The Balaban J connectivity index is 1.44. The van der Waals surface area contributed by atoms with Gasteiger partial charge in [-0.15, -0.1) is 0 Å². The first-order valence-electron chi connectivity index (χ1n) is 9.24. The van der Waals surface area contributed by atoms with Crippen LogP contribution in [0.3, 0.4) is 0 Å². The smallest absolute Gasteiger partial charge is 0.272 e. The quantitative estimate of drug-likeness (QED) is 0.780. The van der Waals surface area contributed by atoms with Crippen LogP contribution < -0.4 is 5.32 Å². The molecule has 10 heteroatoms. The van der Waals surface area contributed by atoms with Crippen LogP contribution in [0.5, 0.6) is 0 Å². The van der Waals surface area contributed by atoms with E-state index in [0.717, 1.165) is 0 Å². The van der Waals surface area contributed by atoms with Gasteiger partial charge in [0.05, 0.1) is 24.7 Å². The normalized spacial score (nSPS) is 26.4. The Morgan fingerprint density at radius 2 is 1.96 bits per heavy atom. The van der Waals surface area contributed by atoms with Gasteiger partial charge in [-0.1, -0.05) is 0 Å². The van der Waals surface area contributed by atoms with Crippen molar-refractivity contribution < 1.29 is 22.7 Å². The fourth-order valence-corrected chi connectivity index (χ4v) is 5.51. The Labute approximate surface area is 158 Å². The third-order valence-electron chi connectivity index (χ3n) is 5.27. The van der Waals surface area contributed by atoms with Crippen molar-refractivity contribution in [3.8, 4) is 0 Å². The zero-order chi connectivity index (χ0) is 19.1. The Kier molecular flexibility index (Phi) is 4.81. The average Bonchev–Trinajstić information content (AvgIpc) is 3.21. The van der Waals surface area contributed by atoms with Crippen LogP contribution >= 0.6 is 0 Å². The molecule has 1 N–H and O–H groups in total. The summed E-state index contributed by atoms with van der Waals surface area (Å²) < 4.78 is 34.6. The van der Waals surface area contributed by atoms with Crippen molar-refractivity contribution in [1.29, 1.82) is 0 Å². The number of amides is 1. The highest BCUT2D eigenvalue weighted by molar-refractivity contribution is 7.91. The molecule has 1 atom stereocenters. The summed E-state index contributed by atoms with van der Waals surface area (Å²) >= 11 is 0. The van der Waals surface area contributed by atoms with Crippen LogP contribution in [0.2, 0.25) is 0 Å². The van der Waals surface area contributed by atoms with Crippen LogP contribution in [0, 0.1) is 6.92 Å². The van der Waals surface area contributed by atoms with Gasteiger partial charge in [-0.25, -0.2) is 18.4 Å². The number of nitrogens with one attached hydrogen (secondary N) is 1. The Bertz CT molecular complexity index is 828. The van der Waals surface area contributed by atoms with E-state index in [4.69, 9.17) is 9.47 Å². The minimum atomic E-state index is -3.00. The van der Waals surface area contributed by atoms with Crippen molar-refractivity contribution in [3.05, 3.63) is 17.5 Å². The van der Waals surface area contributed by atoms with Gasteiger partial charge in [0.15, 0.2) is 15.6 Å². The third kappa shape index (κ3) is 4.07. The molecule has 0 radical (unpaired) electrons. The second-order valence-corrected chi connectivity index (χ2v) is 9.59. The molecule has 1 unspecified atom stereocenters. The molecule has 1 spiro atoms. The fraction of sp³-hybridized carbons (Fsp3) is 0.706. The number of hydrogen-bond acceptors (Lipinski definition) is 8. The number of anilines is 1. The monoisotopic (exact) mass is 396 g/mol. The first kappa shape index (κ1) is 18.6. The standard InChI is InChI=1S/C17H24N4O5S/c1-12-10-14(20-16(18-12)19-13-2-9-27(23,24)11-13)15(22)21-5-3-17(4-6-21)25-7-8-26-17/h10,13H,2-9,11H2,1H3,(H,18,19,20). The molecular formula is C17H24N4O5S. The summed E-state index contributed by atoms with van der Waals surface area (Å²) in [6.45, 7) is 4.09. The van der Waals surface area contributed by atoms with E-state index in [9.17, 15) is 13.2 Å². The number of ether oxygens (including phenoxy) is 2. The number of piperidine rings is 1. The number of carbonyl (C=O) groups excluding carboxylic acids is 1. The van der Waals surface area contributed by atoms with Gasteiger partial charge in [0.1, 0.15) is 5.69 Å². The van der Waals surface area contributed by atoms with Crippen molar-refractivity contribution in [3.63, 3.8) is 0 Å². The maximum absolute atomic E-state index is 12.9. The van der Waals surface area contributed by atoms with E-state index >= 15 is 0 Å². The number of likely N-dealkylation sites (tertiary alicyclic amines) is 1. The van der Waals surface area contributed by atoms with Gasteiger partial charge in [0.25, 0.3) is 5.91 Å². The van der Waals surface area contributed by atoms with Crippen LogP contribution in [-0.2, 0) is 19.3 Å². The highest BCUT2D eigenvalue weighted by Crippen LogP contribution is 2.31. The van der Waals surface area contributed by atoms with Gasteiger partial charge in [-0.3, -0.25) is 4.79 Å². The predicted molar refractivity (Wildman–Crippen MR) is 97.2 cm³/mol. The lowest BCUT2D eigenvalue weighted by atomic mass is 10.0. The van der Waals surface area contributed by atoms with Crippen LogP contribution in [0.4, 0.5) is 5.95 Å². The number of aryl methyl sites for hydroxylation is 1. The molecule has 148 valence electrons. The van der Waals surface area contributed by atoms with E-state index in [1.54, 1.807) is 17.9 Å². The second kappa shape index (κ2) is 6.99. The van der Waals surface area contributed by atoms with Crippen molar-refractivity contribution in [2.45, 2.75) is 38.0 Å². The minimum Gasteiger partial charge on any atom is -0.350 e. The minimum absolute atomic E-state index is 0.0712. The van der Waals surface area contributed by atoms with Crippen LogP contribution in [0.25, 0.3) is 0 Å². The number of aromatic nitrogens is 2. The molecule has 3 fully saturated rings. The Morgan fingerprint density at radius 1 is 1.26 bits per heavy atom. The van der Waals surface area contributed by atoms with Crippen molar-refractivity contribution >= 4 is 21.7 Å². The molecular weight excluding hydrogens is 372 g/mol. The highest BCUT2D eigenvalue weighted by atomic mass is 32.2. The zero-order valence-corrected chi connectivity index (χ0v) is 16.1. The lowest BCUT2D eigenvalue weighted by Crippen LogP contribution is -2.47. The summed E-state index contributed by atoms with van der Waals surface area (Å²) in [6.07, 6.45) is 1.82. The summed E-state index contributed by atoms with van der Waals surface area (Å²) in [5, 5.41) is 3.06. The second-order valence-electron chi connectivity index (χ2n) is 7.36. The fourth-order valence-electron chi connectivity index (χ4n) is 3.83. The molecule has 0 saturated carbocycles. The zero-order valence-electron chi connectivity index (χ0n) is 15.3. The Hall–Kier alpha value is -1.78. The molecule has 4 heterocycles. The van der Waals surface area contributed by atoms with Crippen LogP contribution in [0.1, 0.15) is 35.4 Å². The van der Waals surface area contributed by atoms with Gasteiger partial charge in [0, 0.05) is 37.7 Å². The summed E-state index contributed by atoms with van der Waals surface area (Å²) in [4.78, 5) is 23.3. The topological polar surface area (TPSA) is 111 Å². The van der Waals surface area contributed by atoms with Gasteiger partial charge in [-0.05, 0) is 19.4 Å². The van der Waals surface area contributed by atoms with Crippen molar-refractivity contribution in [2.75, 3.05) is 43.1 Å². The summed E-state index contributed by atoms with van der Waals surface area (Å²) in [6, 6.07) is 1.44. The van der Waals surface area contributed by atoms with E-state index in [2.05, 4.69) is 15.3 Å². The number of sulfone groups is 1. The van der Waals surface area contributed by atoms with E-state index in [-0.39, 0.29) is 23.5 Å². The molecule has 0 aromatic carbocycles. The lowest BCUT2D eigenvalue weighted by molar-refractivity contribution is -0.181. The molecule has 1 aromatic rings. The van der Waals surface area contributed by atoms with E-state index < -0.39 is 15.6 Å². The number of nitrogens with zero attached hydrogens (tertiary/aromatic N) is 3. The van der Waals surface area contributed by atoms with Gasteiger partial charge < -0.3 is 19.7 Å². The molecule has 0 aliphatic carbocycles. The largest absolute Gasteiger partial charge is 0.350 e. The van der Waals surface area contributed by atoms with E-state index in [1.807, 2.05) is 0 Å². The van der Waals surface area contributed by atoms with Gasteiger partial charge >= 0.3 is 0 Å². The maximum Gasteiger partial charge on any atom is 0.272 e. The summed E-state index contributed by atoms with van der Waals surface area (Å²) in [5.74, 6) is -0.144. The van der Waals surface area contributed by atoms with Gasteiger partial charge in [0.2, 0.25) is 5.95 Å². The summed E-state index contributed by atoms with van der Waals surface area (Å²) in [7, 11) is -3.00. The number of carbonyl (C=O) groups is 1. The molecule has 3 saturated heterocycles. The first-order chi connectivity index (χ1) is 12.8. The highest BCUT2D eigenvalue weighted by Gasteiger charge is 2.41. The molecule has 9 nitrogen and oxygen atoms in total. The predicted octanol–water partition coefficient (Wildman–Crippen LogP) is 0.363. The Morgan fingerprint density at radius 3 is 2.59 bits per heavy atom. The van der Waals surface area contributed by atoms with Crippen molar-refractivity contribution in [2.24, 2.45) is 0 Å². The van der Waals surface area contributed by atoms with Crippen molar-refractivity contribution in [1.82, 2.24) is 14.9 Å². The molecule has 3 aliphatic heterocycles. The number of hydrogen-bond donors (Lipinski definition) is 1. The van der Waals surface area contributed by atoms with Gasteiger partial charge in [-0.2, -0.15) is 0 Å². The maximum atomic E-state index is 12.9. The van der Waals surface area contributed by atoms with Crippen LogP contribution in [0.15, 0.2) is 6.07 Å².